The zero-order chi connectivity index (χ0) is 28.8. The molecule has 4 aliphatic rings. The summed E-state index contributed by atoms with van der Waals surface area (Å²) in [5.74, 6) is 2.85. The SMILES string of the molecule is O=C(O)c1ccc(Oc2ccccc2-c2cc(C34CC5CC(CC(C5)C3)C4)ccc2Oc2ccc(C(=O)O)cc2)cc1. The van der Waals surface area contributed by atoms with Gasteiger partial charge in [0.1, 0.15) is 23.0 Å². The van der Waals surface area contributed by atoms with Crippen LogP contribution in [0.25, 0.3) is 11.1 Å². The van der Waals surface area contributed by atoms with E-state index in [0.29, 0.717) is 23.0 Å². The summed E-state index contributed by atoms with van der Waals surface area (Å²) < 4.78 is 12.7. The standard InChI is InChI=1S/C36H32O6/c37-34(38)25-5-10-28(11-6-25)41-32-4-2-1-3-30(32)31-18-27(36-19-22-15-23(20-36)17-24(16-22)21-36)9-14-33(31)42-29-12-7-26(8-13-29)35(39)40/h1-14,18,22-24H,15-17,19-21H2,(H,37,38)(H,39,40). The number of carboxylic acids is 2. The molecular weight excluding hydrogens is 528 g/mol. The number of rotatable bonds is 8. The molecule has 0 spiro atoms. The van der Waals surface area contributed by atoms with Gasteiger partial charge in [-0.05, 0) is 134 Å². The van der Waals surface area contributed by atoms with Crippen LogP contribution >= 0.6 is 0 Å². The summed E-state index contributed by atoms with van der Waals surface area (Å²) in [6.45, 7) is 0. The monoisotopic (exact) mass is 560 g/mol. The first-order chi connectivity index (χ1) is 20.3. The molecular formula is C36H32O6. The van der Waals surface area contributed by atoms with Crippen LogP contribution in [0.15, 0.2) is 91.0 Å². The molecule has 212 valence electrons. The smallest absolute Gasteiger partial charge is 0.335 e. The van der Waals surface area contributed by atoms with Gasteiger partial charge in [0, 0.05) is 11.1 Å². The summed E-state index contributed by atoms with van der Waals surface area (Å²) in [6.07, 6.45) is 7.83. The molecule has 0 radical (unpaired) electrons. The third kappa shape index (κ3) is 4.91. The van der Waals surface area contributed by atoms with E-state index in [9.17, 15) is 19.8 Å². The molecule has 0 amide bonds. The highest BCUT2D eigenvalue weighted by Gasteiger charge is 2.51. The van der Waals surface area contributed by atoms with Crippen molar-refractivity contribution in [2.75, 3.05) is 0 Å². The topological polar surface area (TPSA) is 93.1 Å². The summed E-state index contributed by atoms with van der Waals surface area (Å²) in [6, 6.07) is 27.2. The summed E-state index contributed by atoms with van der Waals surface area (Å²) in [5.41, 5.74) is 3.71. The van der Waals surface area contributed by atoms with Crippen LogP contribution in [-0.4, -0.2) is 22.2 Å². The highest BCUT2D eigenvalue weighted by Crippen LogP contribution is 2.61. The van der Waals surface area contributed by atoms with Crippen LogP contribution in [0.5, 0.6) is 23.0 Å². The fraction of sp³-hybridized carbons (Fsp3) is 0.278. The van der Waals surface area contributed by atoms with Gasteiger partial charge >= 0.3 is 11.9 Å². The van der Waals surface area contributed by atoms with E-state index in [1.165, 1.54) is 56.2 Å². The molecule has 0 aliphatic heterocycles. The molecule has 0 saturated heterocycles. The molecule has 4 saturated carbocycles. The first kappa shape index (κ1) is 26.3. The Kier molecular flexibility index (Phi) is 6.49. The number of carbonyl (C=O) groups is 2. The molecule has 4 aliphatic carbocycles. The molecule has 0 atom stereocenters. The van der Waals surface area contributed by atoms with Crippen molar-refractivity contribution in [3.8, 4) is 34.1 Å². The van der Waals surface area contributed by atoms with Gasteiger partial charge in [-0.15, -0.1) is 0 Å². The van der Waals surface area contributed by atoms with Gasteiger partial charge in [-0.3, -0.25) is 0 Å². The summed E-state index contributed by atoms with van der Waals surface area (Å²) in [7, 11) is 0. The zero-order valence-electron chi connectivity index (χ0n) is 23.2. The fourth-order valence-electron chi connectivity index (χ4n) is 7.99. The fourth-order valence-corrected chi connectivity index (χ4v) is 7.99. The van der Waals surface area contributed by atoms with Crippen LogP contribution in [0.4, 0.5) is 0 Å². The van der Waals surface area contributed by atoms with Crippen molar-refractivity contribution in [3.63, 3.8) is 0 Å². The Hall–Kier alpha value is -4.58. The number of hydrogen-bond donors (Lipinski definition) is 2. The molecule has 2 N–H and O–H groups in total. The molecule has 0 heterocycles. The number of ether oxygens (including phenoxy) is 2. The van der Waals surface area contributed by atoms with E-state index in [1.807, 2.05) is 30.3 Å². The predicted molar refractivity (Wildman–Crippen MR) is 159 cm³/mol. The van der Waals surface area contributed by atoms with E-state index >= 15 is 0 Å². The largest absolute Gasteiger partial charge is 0.478 e. The quantitative estimate of drug-likeness (QED) is 0.224. The minimum Gasteiger partial charge on any atom is -0.478 e. The van der Waals surface area contributed by atoms with Crippen molar-refractivity contribution >= 4 is 11.9 Å². The molecule has 0 unspecified atom stereocenters. The van der Waals surface area contributed by atoms with Crippen LogP contribution in [-0.2, 0) is 5.41 Å². The number of para-hydroxylation sites is 1. The van der Waals surface area contributed by atoms with Gasteiger partial charge in [-0.25, -0.2) is 9.59 Å². The Bertz CT molecular complexity index is 1620. The van der Waals surface area contributed by atoms with Gasteiger partial charge in [0.25, 0.3) is 0 Å². The van der Waals surface area contributed by atoms with Crippen LogP contribution in [0.1, 0.15) is 64.8 Å². The Morgan fingerprint density at radius 1 is 0.595 bits per heavy atom. The predicted octanol–water partition coefficient (Wildman–Crippen LogP) is 8.80. The van der Waals surface area contributed by atoms with Crippen molar-refractivity contribution < 1.29 is 29.3 Å². The number of hydrogen-bond acceptors (Lipinski definition) is 4. The van der Waals surface area contributed by atoms with Gasteiger partial charge in [0.2, 0.25) is 0 Å². The lowest BCUT2D eigenvalue weighted by Crippen LogP contribution is -2.48. The number of carboxylic acid groups (broad SMARTS) is 2. The summed E-state index contributed by atoms with van der Waals surface area (Å²) in [4.78, 5) is 22.7. The maximum atomic E-state index is 11.4. The van der Waals surface area contributed by atoms with E-state index in [2.05, 4.69) is 12.1 Å². The Labute approximate surface area is 244 Å². The first-order valence-electron chi connectivity index (χ1n) is 14.6. The maximum absolute atomic E-state index is 11.4. The van der Waals surface area contributed by atoms with Gasteiger partial charge in [-0.1, -0.05) is 24.3 Å². The normalized spacial score (nSPS) is 23.9. The number of aromatic carboxylic acids is 2. The second-order valence-corrected chi connectivity index (χ2v) is 12.3. The molecule has 6 heteroatoms. The second kappa shape index (κ2) is 10.4. The van der Waals surface area contributed by atoms with E-state index < -0.39 is 11.9 Å². The molecule has 4 fully saturated rings. The van der Waals surface area contributed by atoms with Crippen molar-refractivity contribution in [1.82, 2.24) is 0 Å². The van der Waals surface area contributed by atoms with E-state index in [4.69, 9.17) is 9.47 Å². The third-order valence-electron chi connectivity index (χ3n) is 9.47. The van der Waals surface area contributed by atoms with Crippen LogP contribution in [0.2, 0.25) is 0 Å². The van der Waals surface area contributed by atoms with Crippen molar-refractivity contribution in [2.45, 2.75) is 43.9 Å². The molecule has 8 rings (SSSR count). The Balaban J connectivity index is 1.29. The summed E-state index contributed by atoms with van der Waals surface area (Å²) >= 11 is 0. The average Bonchev–Trinajstić information content (AvgIpc) is 2.97. The minimum atomic E-state index is -0.985. The molecule has 42 heavy (non-hydrogen) atoms. The van der Waals surface area contributed by atoms with E-state index in [0.717, 1.165) is 28.9 Å². The lowest BCUT2D eigenvalue weighted by atomic mass is 9.48. The van der Waals surface area contributed by atoms with E-state index in [1.54, 1.807) is 36.4 Å². The molecule has 6 nitrogen and oxygen atoms in total. The Morgan fingerprint density at radius 3 is 1.57 bits per heavy atom. The van der Waals surface area contributed by atoms with Crippen LogP contribution in [0.3, 0.4) is 0 Å². The van der Waals surface area contributed by atoms with Crippen molar-refractivity contribution in [2.24, 2.45) is 17.8 Å². The zero-order valence-corrected chi connectivity index (χ0v) is 23.2. The first-order valence-corrected chi connectivity index (χ1v) is 14.6. The van der Waals surface area contributed by atoms with Crippen molar-refractivity contribution in [1.29, 1.82) is 0 Å². The van der Waals surface area contributed by atoms with Gasteiger partial charge in [0.15, 0.2) is 0 Å². The highest BCUT2D eigenvalue weighted by molar-refractivity contribution is 5.88. The maximum Gasteiger partial charge on any atom is 0.335 e. The third-order valence-corrected chi connectivity index (χ3v) is 9.47. The van der Waals surface area contributed by atoms with Crippen molar-refractivity contribution in [3.05, 3.63) is 108 Å². The lowest BCUT2D eigenvalue weighted by molar-refractivity contribution is -0.00518. The van der Waals surface area contributed by atoms with Gasteiger partial charge in [0.05, 0.1) is 11.1 Å². The van der Waals surface area contributed by atoms with Crippen LogP contribution < -0.4 is 9.47 Å². The van der Waals surface area contributed by atoms with Gasteiger partial charge < -0.3 is 19.7 Å². The molecule has 4 bridgehead atoms. The molecule has 0 aromatic heterocycles. The molecule has 4 aromatic carbocycles. The Morgan fingerprint density at radius 2 is 1.07 bits per heavy atom. The summed E-state index contributed by atoms with van der Waals surface area (Å²) in [5, 5.41) is 18.6. The highest BCUT2D eigenvalue weighted by atomic mass is 16.5. The van der Waals surface area contributed by atoms with Crippen LogP contribution in [0, 0.1) is 17.8 Å². The second-order valence-electron chi connectivity index (χ2n) is 12.3. The minimum absolute atomic E-state index is 0.188. The van der Waals surface area contributed by atoms with Gasteiger partial charge in [-0.2, -0.15) is 0 Å². The molecule has 4 aromatic rings. The number of benzene rings is 4. The van der Waals surface area contributed by atoms with E-state index in [-0.39, 0.29) is 16.5 Å². The lowest BCUT2D eigenvalue weighted by Gasteiger charge is -2.57. The average molecular weight is 561 g/mol.